The predicted octanol–water partition coefficient (Wildman–Crippen LogP) is 1.64. The highest BCUT2D eigenvalue weighted by Crippen LogP contribution is 2.15. The quantitative estimate of drug-likeness (QED) is 0.442. The Morgan fingerprint density at radius 1 is 1.12 bits per heavy atom. The van der Waals surface area contributed by atoms with Crippen molar-refractivity contribution >= 4 is 11.8 Å². The second-order valence-electron chi connectivity index (χ2n) is 9.18. The Kier molecular flexibility index (Phi) is 10.0. The molecule has 0 aliphatic carbocycles. The van der Waals surface area contributed by atoms with Gasteiger partial charge in [-0.3, -0.25) is 9.89 Å². The number of piperazine rings is 1. The normalized spacial score (nSPS) is 19.9. The van der Waals surface area contributed by atoms with Gasteiger partial charge in [-0.1, -0.05) is 20.8 Å². The SMILES string of the molecule is CCN1CCN(c2cc(CNC(=NC)NCC(CC(C)C)N3CCOCC3)ccn2)CC1. The van der Waals surface area contributed by atoms with Gasteiger partial charge in [0.05, 0.1) is 13.2 Å². The van der Waals surface area contributed by atoms with Crippen LogP contribution in [0.15, 0.2) is 23.3 Å². The van der Waals surface area contributed by atoms with E-state index in [1.54, 1.807) is 0 Å². The molecule has 0 bridgehead atoms. The van der Waals surface area contributed by atoms with E-state index in [1.807, 2.05) is 13.2 Å². The number of rotatable bonds is 9. The van der Waals surface area contributed by atoms with Crippen LogP contribution >= 0.6 is 0 Å². The third-order valence-corrected chi connectivity index (χ3v) is 6.45. The summed E-state index contributed by atoms with van der Waals surface area (Å²) in [5.74, 6) is 2.59. The zero-order valence-corrected chi connectivity index (χ0v) is 20.5. The molecular weight excluding hydrogens is 402 g/mol. The largest absolute Gasteiger partial charge is 0.379 e. The second kappa shape index (κ2) is 13.0. The zero-order chi connectivity index (χ0) is 22.8. The fraction of sp³-hybridized carbons (Fsp3) is 0.750. The van der Waals surface area contributed by atoms with E-state index in [-0.39, 0.29) is 0 Å². The molecule has 2 aliphatic heterocycles. The van der Waals surface area contributed by atoms with E-state index in [0.29, 0.717) is 12.0 Å². The molecule has 3 rings (SSSR count). The molecule has 1 aromatic heterocycles. The van der Waals surface area contributed by atoms with Crippen molar-refractivity contribution < 1.29 is 4.74 Å². The van der Waals surface area contributed by atoms with Crippen LogP contribution in [0.25, 0.3) is 0 Å². The molecule has 1 aromatic rings. The van der Waals surface area contributed by atoms with E-state index in [9.17, 15) is 0 Å². The molecule has 1 unspecified atom stereocenters. The first kappa shape index (κ1) is 24.7. The molecule has 3 heterocycles. The highest BCUT2D eigenvalue weighted by Gasteiger charge is 2.22. The van der Waals surface area contributed by atoms with Crippen LogP contribution in [-0.4, -0.2) is 99.4 Å². The summed E-state index contributed by atoms with van der Waals surface area (Å²) in [7, 11) is 1.84. The Bertz CT molecular complexity index is 697. The van der Waals surface area contributed by atoms with Crippen LogP contribution in [0.1, 0.15) is 32.8 Å². The average molecular weight is 446 g/mol. The standard InChI is InChI=1S/C24H43N7O/c1-5-29-8-10-31(11-9-29)23-17-21(6-7-26-23)18-27-24(25-4)28-19-22(16-20(2)3)30-12-14-32-15-13-30/h6-7,17,20,22H,5,8-16,18-19H2,1-4H3,(H2,25,27,28). The van der Waals surface area contributed by atoms with Crippen LogP contribution in [0.4, 0.5) is 5.82 Å². The summed E-state index contributed by atoms with van der Waals surface area (Å²) in [6.07, 6.45) is 3.09. The highest BCUT2D eigenvalue weighted by molar-refractivity contribution is 5.79. The molecule has 8 heteroatoms. The van der Waals surface area contributed by atoms with Crippen molar-refractivity contribution in [3.05, 3.63) is 23.9 Å². The van der Waals surface area contributed by atoms with Gasteiger partial charge in [0.1, 0.15) is 5.82 Å². The Morgan fingerprint density at radius 2 is 1.88 bits per heavy atom. The van der Waals surface area contributed by atoms with Crippen LogP contribution in [-0.2, 0) is 11.3 Å². The maximum Gasteiger partial charge on any atom is 0.191 e. The van der Waals surface area contributed by atoms with Gasteiger partial charge in [0, 0.05) is 71.6 Å². The molecule has 2 saturated heterocycles. The van der Waals surface area contributed by atoms with E-state index < -0.39 is 0 Å². The fourth-order valence-corrected chi connectivity index (χ4v) is 4.51. The number of ether oxygens (including phenoxy) is 1. The molecular formula is C24H43N7O. The minimum absolute atomic E-state index is 0.492. The van der Waals surface area contributed by atoms with Gasteiger partial charge in [-0.2, -0.15) is 0 Å². The van der Waals surface area contributed by atoms with Crippen LogP contribution < -0.4 is 15.5 Å². The third-order valence-electron chi connectivity index (χ3n) is 6.45. The van der Waals surface area contributed by atoms with E-state index in [2.05, 4.69) is 68.2 Å². The van der Waals surface area contributed by atoms with Crippen LogP contribution in [0.2, 0.25) is 0 Å². The van der Waals surface area contributed by atoms with Crippen molar-refractivity contribution in [3.63, 3.8) is 0 Å². The monoisotopic (exact) mass is 445 g/mol. The first-order valence-electron chi connectivity index (χ1n) is 12.3. The number of aromatic nitrogens is 1. The van der Waals surface area contributed by atoms with Crippen molar-refractivity contribution in [2.75, 3.05) is 77.5 Å². The van der Waals surface area contributed by atoms with Gasteiger partial charge < -0.3 is 25.2 Å². The number of anilines is 1. The summed E-state index contributed by atoms with van der Waals surface area (Å²) in [5, 5.41) is 7.04. The Morgan fingerprint density at radius 3 is 2.53 bits per heavy atom. The summed E-state index contributed by atoms with van der Waals surface area (Å²) in [5.41, 5.74) is 1.22. The first-order valence-corrected chi connectivity index (χ1v) is 12.3. The van der Waals surface area contributed by atoms with Gasteiger partial charge in [0.25, 0.3) is 0 Å². The Labute approximate surface area is 194 Å². The third kappa shape index (κ3) is 7.60. The second-order valence-corrected chi connectivity index (χ2v) is 9.18. The molecule has 0 saturated carbocycles. The number of pyridine rings is 1. The summed E-state index contributed by atoms with van der Waals surface area (Å²) in [4.78, 5) is 16.5. The number of nitrogens with zero attached hydrogens (tertiary/aromatic N) is 5. The molecule has 1 atom stereocenters. The summed E-state index contributed by atoms with van der Waals surface area (Å²) in [6, 6.07) is 4.78. The maximum atomic E-state index is 5.54. The number of morpholine rings is 1. The number of hydrogen-bond acceptors (Lipinski definition) is 6. The molecule has 0 amide bonds. The number of likely N-dealkylation sites (N-methyl/N-ethyl adjacent to an activating group) is 1. The molecule has 2 aliphatic rings. The lowest BCUT2D eigenvalue weighted by molar-refractivity contribution is 0.0132. The number of aliphatic imine (C=N–C) groups is 1. The van der Waals surface area contributed by atoms with Crippen LogP contribution in [0, 0.1) is 5.92 Å². The van der Waals surface area contributed by atoms with Gasteiger partial charge in [-0.15, -0.1) is 0 Å². The van der Waals surface area contributed by atoms with Crippen LogP contribution in [0.3, 0.4) is 0 Å². The summed E-state index contributed by atoms with van der Waals surface area (Å²) >= 11 is 0. The minimum Gasteiger partial charge on any atom is -0.379 e. The molecule has 8 nitrogen and oxygen atoms in total. The van der Waals surface area contributed by atoms with Crippen LogP contribution in [0.5, 0.6) is 0 Å². The molecule has 0 spiro atoms. The summed E-state index contributed by atoms with van der Waals surface area (Å²) < 4.78 is 5.54. The van der Waals surface area contributed by atoms with Crippen molar-refractivity contribution in [1.82, 2.24) is 25.4 Å². The van der Waals surface area contributed by atoms with Crippen molar-refractivity contribution in [3.8, 4) is 0 Å². The minimum atomic E-state index is 0.492. The zero-order valence-electron chi connectivity index (χ0n) is 20.5. The first-order chi connectivity index (χ1) is 15.6. The molecule has 180 valence electrons. The molecule has 2 N–H and O–H groups in total. The van der Waals surface area contributed by atoms with Gasteiger partial charge in [0.15, 0.2) is 5.96 Å². The van der Waals surface area contributed by atoms with E-state index >= 15 is 0 Å². The average Bonchev–Trinajstić information content (AvgIpc) is 2.84. The van der Waals surface area contributed by atoms with Crippen molar-refractivity contribution in [1.29, 1.82) is 0 Å². The van der Waals surface area contributed by atoms with Crippen molar-refractivity contribution in [2.24, 2.45) is 10.9 Å². The lowest BCUT2D eigenvalue weighted by Gasteiger charge is -2.35. The lowest BCUT2D eigenvalue weighted by Crippen LogP contribution is -2.51. The Balaban J connectivity index is 1.50. The number of guanidine groups is 1. The smallest absolute Gasteiger partial charge is 0.191 e. The molecule has 32 heavy (non-hydrogen) atoms. The van der Waals surface area contributed by atoms with Gasteiger partial charge in [-0.05, 0) is 36.6 Å². The topological polar surface area (TPSA) is 68.3 Å². The van der Waals surface area contributed by atoms with Gasteiger partial charge >= 0.3 is 0 Å². The van der Waals surface area contributed by atoms with Gasteiger partial charge in [0.2, 0.25) is 0 Å². The predicted molar refractivity (Wildman–Crippen MR) is 132 cm³/mol. The van der Waals surface area contributed by atoms with E-state index in [4.69, 9.17) is 4.74 Å². The van der Waals surface area contributed by atoms with E-state index in [1.165, 1.54) is 12.0 Å². The summed E-state index contributed by atoms with van der Waals surface area (Å²) in [6.45, 7) is 17.6. The molecule has 0 radical (unpaired) electrons. The molecule has 0 aromatic carbocycles. The van der Waals surface area contributed by atoms with E-state index in [0.717, 1.165) is 83.9 Å². The van der Waals surface area contributed by atoms with Crippen molar-refractivity contribution in [2.45, 2.75) is 39.8 Å². The maximum absolute atomic E-state index is 5.54. The number of nitrogens with one attached hydrogen (secondary N) is 2. The van der Waals surface area contributed by atoms with Gasteiger partial charge in [-0.25, -0.2) is 4.98 Å². The number of hydrogen-bond donors (Lipinski definition) is 2. The lowest BCUT2D eigenvalue weighted by atomic mass is 10.0. The molecule has 2 fully saturated rings. The fourth-order valence-electron chi connectivity index (χ4n) is 4.51. The highest BCUT2D eigenvalue weighted by atomic mass is 16.5. The Hall–Kier alpha value is -1.90.